The molecule has 1 saturated heterocycles. The van der Waals surface area contributed by atoms with Crippen molar-refractivity contribution in [2.45, 2.75) is 63.6 Å². The lowest BCUT2D eigenvalue weighted by Gasteiger charge is -2.29. The number of primary amides is 1. The molecular weight excluding hydrogens is 432 g/mol. The summed E-state index contributed by atoms with van der Waals surface area (Å²) >= 11 is 0. The van der Waals surface area contributed by atoms with Crippen molar-refractivity contribution in [2.75, 3.05) is 0 Å². The van der Waals surface area contributed by atoms with E-state index in [4.69, 9.17) is 5.73 Å². The van der Waals surface area contributed by atoms with Crippen molar-refractivity contribution in [2.24, 2.45) is 5.73 Å². The lowest BCUT2D eigenvalue weighted by atomic mass is 9.86. The van der Waals surface area contributed by atoms with Crippen LogP contribution in [-0.2, 0) is 37.4 Å². The number of carbonyl (C=O) groups is 4. The Morgan fingerprint density at radius 3 is 2.09 bits per heavy atom. The quantitative estimate of drug-likeness (QED) is 0.466. The van der Waals surface area contributed by atoms with Gasteiger partial charge in [0.2, 0.25) is 23.6 Å². The van der Waals surface area contributed by atoms with Crippen LogP contribution in [0, 0.1) is 0 Å². The predicted octanol–water partition coefficient (Wildman–Crippen LogP) is 1.11. The van der Waals surface area contributed by atoms with Gasteiger partial charge in [0, 0.05) is 12.8 Å². The van der Waals surface area contributed by atoms with Crippen LogP contribution in [0.2, 0.25) is 0 Å². The highest BCUT2D eigenvalue weighted by Crippen LogP contribution is 2.22. The molecule has 0 bridgehead atoms. The van der Waals surface area contributed by atoms with Crippen LogP contribution in [0.3, 0.4) is 0 Å². The zero-order chi connectivity index (χ0) is 24.9. The number of nitrogens with one attached hydrogen (secondary N) is 3. The van der Waals surface area contributed by atoms with Crippen LogP contribution >= 0.6 is 0 Å². The lowest BCUT2D eigenvalue weighted by molar-refractivity contribution is -0.138. The molecule has 0 spiro atoms. The number of nitrogens with two attached hydrogens (primary N) is 1. The van der Waals surface area contributed by atoms with E-state index in [1.54, 1.807) is 0 Å². The first kappa shape index (κ1) is 25.0. The second-order valence-electron chi connectivity index (χ2n) is 9.69. The monoisotopic (exact) mass is 464 g/mol. The van der Waals surface area contributed by atoms with E-state index in [1.807, 2.05) is 54.6 Å². The van der Waals surface area contributed by atoms with Gasteiger partial charge in [-0.05, 0) is 22.1 Å². The van der Waals surface area contributed by atoms with Crippen molar-refractivity contribution in [3.8, 4) is 0 Å². The van der Waals surface area contributed by atoms with Gasteiger partial charge in [0.1, 0.15) is 18.1 Å². The molecule has 34 heavy (non-hydrogen) atoms. The van der Waals surface area contributed by atoms with Gasteiger partial charge in [-0.15, -0.1) is 0 Å². The van der Waals surface area contributed by atoms with Crippen LogP contribution in [0.4, 0.5) is 0 Å². The third-order valence-electron chi connectivity index (χ3n) is 5.88. The molecule has 1 aliphatic rings. The maximum absolute atomic E-state index is 12.6. The minimum Gasteiger partial charge on any atom is -0.368 e. The summed E-state index contributed by atoms with van der Waals surface area (Å²) in [4.78, 5) is 49.5. The third-order valence-corrected chi connectivity index (χ3v) is 5.88. The van der Waals surface area contributed by atoms with E-state index in [0.29, 0.717) is 6.42 Å². The molecule has 0 aliphatic carbocycles. The van der Waals surface area contributed by atoms with E-state index in [9.17, 15) is 19.2 Å². The highest BCUT2D eigenvalue weighted by molar-refractivity contribution is 5.99. The molecule has 3 atom stereocenters. The van der Waals surface area contributed by atoms with E-state index >= 15 is 0 Å². The Morgan fingerprint density at radius 1 is 0.912 bits per heavy atom. The van der Waals surface area contributed by atoms with Gasteiger partial charge >= 0.3 is 0 Å². The number of piperazine rings is 1. The van der Waals surface area contributed by atoms with Gasteiger partial charge in [0.05, 0.1) is 6.42 Å². The fraction of sp³-hybridized carbons (Fsp3) is 0.385. The van der Waals surface area contributed by atoms with Gasteiger partial charge < -0.3 is 21.7 Å². The Balaban J connectivity index is 1.56. The van der Waals surface area contributed by atoms with Crippen molar-refractivity contribution < 1.29 is 19.2 Å². The van der Waals surface area contributed by atoms with Crippen LogP contribution in [0.15, 0.2) is 54.6 Å². The summed E-state index contributed by atoms with van der Waals surface area (Å²) in [5.74, 6) is -2.01. The summed E-state index contributed by atoms with van der Waals surface area (Å²) in [6.07, 6.45) is 0.297. The number of hydrogen-bond acceptors (Lipinski definition) is 4. The molecule has 8 heteroatoms. The van der Waals surface area contributed by atoms with Crippen LogP contribution in [0.1, 0.15) is 43.9 Å². The second-order valence-corrected chi connectivity index (χ2v) is 9.69. The number of benzene rings is 2. The molecule has 0 unspecified atom stereocenters. The highest BCUT2D eigenvalue weighted by Gasteiger charge is 2.35. The number of rotatable bonds is 8. The summed E-state index contributed by atoms with van der Waals surface area (Å²) in [5.41, 5.74) is 8.42. The van der Waals surface area contributed by atoms with E-state index < -0.39 is 35.8 Å². The minimum absolute atomic E-state index is 0.000934. The van der Waals surface area contributed by atoms with Crippen LogP contribution < -0.4 is 21.7 Å². The fourth-order valence-corrected chi connectivity index (χ4v) is 3.85. The molecule has 0 aromatic heterocycles. The molecule has 1 aliphatic heterocycles. The summed E-state index contributed by atoms with van der Waals surface area (Å²) in [5, 5.41) is 7.89. The van der Waals surface area contributed by atoms with Crippen molar-refractivity contribution in [1.29, 1.82) is 0 Å². The fourth-order valence-electron chi connectivity index (χ4n) is 3.85. The Hall–Kier alpha value is -3.68. The van der Waals surface area contributed by atoms with Gasteiger partial charge in [-0.2, -0.15) is 0 Å². The molecule has 1 heterocycles. The molecule has 8 nitrogen and oxygen atoms in total. The minimum atomic E-state index is -1.01. The molecule has 3 rings (SSSR count). The molecule has 5 N–H and O–H groups in total. The Bertz CT molecular complexity index is 1040. The smallest absolute Gasteiger partial charge is 0.243 e. The van der Waals surface area contributed by atoms with Crippen molar-refractivity contribution in [3.05, 3.63) is 71.3 Å². The SMILES string of the molecule is CC(C)(C)c1ccc(C[C@H](NC(=O)C[C@@H]2NC(=O)[C@H](Cc3ccccc3)NC2=O)C(N)=O)cc1. The predicted molar refractivity (Wildman–Crippen MR) is 129 cm³/mol. The first-order valence-corrected chi connectivity index (χ1v) is 11.4. The maximum Gasteiger partial charge on any atom is 0.243 e. The van der Waals surface area contributed by atoms with Crippen LogP contribution in [0.5, 0.6) is 0 Å². The van der Waals surface area contributed by atoms with Gasteiger partial charge in [0.15, 0.2) is 0 Å². The summed E-state index contributed by atoms with van der Waals surface area (Å²) < 4.78 is 0. The average Bonchev–Trinajstić information content (AvgIpc) is 2.77. The topological polar surface area (TPSA) is 130 Å². The van der Waals surface area contributed by atoms with E-state index in [2.05, 4.69) is 36.7 Å². The van der Waals surface area contributed by atoms with Crippen molar-refractivity contribution in [1.82, 2.24) is 16.0 Å². The van der Waals surface area contributed by atoms with E-state index in [-0.39, 0.29) is 24.2 Å². The molecule has 0 saturated carbocycles. The molecule has 180 valence electrons. The second kappa shape index (κ2) is 10.5. The zero-order valence-electron chi connectivity index (χ0n) is 19.8. The molecule has 0 radical (unpaired) electrons. The Labute approximate surface area is 199 Å². The number of amides is 4. The molecule has 2 aromatic rings. The summed E-state index contributed by atoms with van der Waals surface area (Å²) in [7, 11) is 0. The van der Waals surface area contributed by atoms with Gasteiger partial charge in [0.25, 0.3) is 0 Å². The third kappa shape index (κ3) is 6.66. The molecule has 4 amide bonds. The Morgan fingerprint density at radius 2 is 1.50 bits per heavy atom. The standard InChI is InChI=1S/C26H32N4O4/c1-26(2,3)18-11-9-17(10-12-18)13-19(23(27)32)28-22(31)15-21-25(34)29-20(24(33)30-21)14-16-7-5-4-6-8-16/h4-12,19-21H,13-15H2,1-3H3,(H2,27,32)(H,28,31)(H,29,34)(H,30,33)/t19-,20-,21-/m0/s1. The normalized spacial score (nSPS) is 19.0. The molecule has 1 fully saturated rings. The number of hydrogen-bond donors (Lipinski definition) is 4. The Kier molecular flexibility index (Phi) is 7.71. The van der Waals surface area contributed by atoms with Crippen LogP contribution in [0.25, 0.3) is 0 Å². The van der Waals surface area contributed by atoms with Crippen molar-refractivity contribution in [3.63, 3.8) is 0 Å². The van der Waals surface area contributed by atoms with E-state index in [0.717, 1.165) is 16.7 Å². The van der Waals surface area contributed by atoms with Gasteiger partial charge in [-0.25, -0.2) is 0 Å². The summed E-state index contributed by atoms with van der Waals surface area (Å²) in [6, 6.07) is 14.5. The largest absolute Gasteiger partial charge is 0.368 e. The highest BCUT2D eigenvalue weighted by atomic mass is 16.2. The average molecular weight is 465 g/mol. The maximum atomic E-state index is 12.6. The van der Waals surface area contributed by atoms with Crippen LogP contribution in [-0.4, -0.2) is 41.8 Å². The lowest BCUT2D eigenvalue weighted by Crippen LogP contribution is -2.63. The zero-order valence-corrected chi connectivity index (χ0v) is 19.8. The van der Waals surface area contributed by atoms with Gasteiger partial charge in [-0.1, -0.05) is 75.4 Å². The van der Waals surface area contributed by atoms with Gasteiger partial charge in [-0.3, -0.25) is 19.2 Å². The molecule has 2 aromatic carbocycles. The summed E-state index contributed by atoms with van der Waals surface area (Å²) in [6.45, 7) is 6.33. The van der Waals surface area contributed by atoms with Crippen molar-refractivity contribution >= 4 is 23.6 Å². The first-order chi connectivity index (χ1) is 16.0. The van der Waals surface area contributed by atoms with E-state index in [1.165, 1.54) is 0 Å². The number of carbonyl (C=O) groups excluding carboxylic acids is 4. The first-order valence-electron chi connectivity index (χ1n) is 11.4. The molecular formula is C26H32N4O4.